The average molecular weight is 454 g/mol. The minimum atomic E-state index is -0.231. The third-order valence-corrected chi connectivity index (χ3v) is 7.09. The van der Waals surface area contributed by atoms with Crippen molar-refractivity contribution in [2.45, 2.75) is 31.3 Å². The van der Waals surface area contributed by atoms with E-state index >= 15 is 0 Å². The molecule has 1 aliphatic carbocycles. The number of rotatable bonds is 4. The van der Waals surface area contributed by atoms with Gasteiger partial charge in [-0.2, -0.15) is 0 Å². The smallest absolute Gasteiger partial charge is 0.260 e. The summed E-state index contributed by atoms with van der Waals surface area (Å²) in [6.07, 6.45) is 3.03. The maximum absolute atomic E-state index is 12.6. The van der Waals surface area contributed by atoms with Crippen LogP contribution in [-0.4, -0.2) is 21.6 Å². The van der Waals surface area contributed by atoms with Gasteiger partial charge in [-0.3, -0.25) is 9.59 Å². The van der Waals surface area contributed by atoms with E-state index < -0.39 is 0 Å². The molecule has 0 aliphatic heterocycles. The van der Waals surface area contributed by atoms with Crippen LogP contribution in [0.4, 0.5) is 5.69 Å². The largest absolute Gasteiger partial charge is 0.325 e. The van der Waals surface area contributed by atoms with Gasteiger partial charge in [0.1, 0.15) is 4.83 Å². The van der Waals surface area contributed by atoms with Crippen molar-refractivity contribution in [3.05, 3.63) is 49.0 Å². The van der Waals surface area contributed by atoms with E-state index in [2.05, 4.69) is 22.2 Å². The number of halogens is 2. The van der Waals surface area contributed by atoms with E-state index in [9.17, 15) is 9.59 Å². The number of fused-ring (bicyclic) bond motifs is 3. The van der Waals surface area contributed by atoms with Gasteiger partial charge in [0.05, 0.1) is 11.1 Å². The van der Waals surface area contributed by atoms with Gasteiger partial charge < -0.3 is 10.3 Å². The lowest BCUT2D eigenvalue weighted by Gasteiger charge is -2.17. The number of benzene rings is 1. The molecule has 0 radical (unpaired) electrons. The van der Waals surface area contributed by atoms with Gasteiger partial charge in [0.2, 0.25) is 5.91 Å². The van der Waals surface area contributed by atoms with E-state index in [1.54, 1.807) is 29.5 Å². The van der Waals surface area contributed by atoms with E-state index in [0.717, 1.165) is 29.7 Å². The molecule has 5 nitrogen and oxygen atoms in total. The number of hydrogen-bond donors (Lipinski definition) is 2. The lowest BCUT2D eigenvalue weighted by atomic mass is 9.89. The number of thiophene rings is 1. The maximum atomic E-state index is 12.6. The Morgan fingerprint density at radius 3 is 2.86 bits per heavy atom. The molecule has 4 rings (SSSR count). The number of nitrogens with one attached hydrogen (secondary N) is 2. The maximum Gasteiger partial charge on any atom is 0.260 e. The number of aromatic nitrogens is 2. The molecule has 3 aromatic rings. The van der Waals surface area contributed by atoms with E-state index in [1.165, 1.54) is 16.6 Å². The van der Waals surface area contributed by atoms with Gasteiger partial charge in [-0.1, -0.05) is 41.9 Å². The summed E-state index contributed by atoms with van der Waals surface area (Å²) in [6, 6.07) is 4.84. The molecule has 0 bridgehead atoms. The molecule has 9 heteroatoms. The number of aryl methyl sites for hydroxylation is 1. The molecule has 2 aromatic heterocycles. The number of carbonyl (C=O) groups excluding carboxylic acids is 1. The highest BCUT2D eigenvalue weighted by molar-refractivity contribution is 7.99. The van der Waals surface area contributed by atoms with Crippen molar-refractivity contribution in [1.82, 2.24) is 9.97 Å². The zero-order chi connectivity index (χ0) is 19.8. The lowest BCUT2D eigenvalue weighted by Crippen LogP contribution is -2.16. The average Bonchev–Trinajstić information content (AvgIpc) is 2.96. The van der Waals surface area contributed by atoms with Gasteiger partial charge in [0, 0.05) is 20.6 Å². The van der Waals surface area contributed by atoms with Gasteiger partial charge in [-0.25, -0.2) is 4.98 Å². The summed E-state index contributed by atoms with van der Waals surface area (Å²) in [7, 11) is 0. The number of thioether (sulfide) groups is 1. The summed E-state index contributed by atoms with van der Waals surface area (Å²) in [5.74, 6) is 0.517. The number of anilines is 1. The quantitative estimate of drug-likeness (QED) is 0.423. The predicted octanol–water partition coefficient (Wildman–Crippen LogP) is 5.15. The Morgan fingerprint density at radius 1 is 1.36 bits per heavy atom. The molecule has 0 spiro atoms. The first kappa shape index (κ1) is 19.8. The molecule has 1 atom stereocenters. The molecule has 2 heterocycles. The van der Waals surface area contributed by atoms with E-state index in [-0.39, 0.29) is 17.2 Å². The summed E-state index contributed by atoms with van der Waals surface area (Å²) in [5.41, 5.74) is 1.56. The van der Waals surface area contributed by atoms with Crippen LogP contribution >= 0.6 is 46.3 Å². The topological polar surface area (TPSA) is 74.8 Å². The number of amides is 1. The van der Waals surface area contributed by atoms with Crippen LogP contribution in [0.1, 0.15) is 23.8 Å². The van der Waals surface area contributed by atoms with Gasteiger partial charge in [0.25, 0.3) is 5.56 Å². The second-order valence-electron chi connectivity index (χ2n) is 6.90. The van der Waals surface area contributed by atoms with E-state index in [4.69, 9.17) is 23.2 Å². The second-order valence-corrected chi connectivity index (χ2v) is 9.82. The first-order chi connectivity index (χ1) is 13.4. The molecule has 1 amide bonds. The fourth-order valence-corrected chi connectivity index (χ4v) is 5.98. The van der Waals surface area contributed by atoms with Crippen molar-refractivity contribution >= 4 is 68.1 Å². The van der Waals surface area contributed by atoms with Crippen LogP contribution in [0.5, 0.6) is 0 Å². The first-order valence-electron chi connectivity index (χ1n) is 8.82. The molecule has 0 fully saturated rings. The number of nitrogens with zero attached hydrogens (tertiary/aromatic N) is 1. The van der Waals surface area contributed by atoms with Crippen molar-refractivity contribution in [3.8, 4) is 0 Å². The standard InChI is InChI=1S/C19H17Cl2N3O2S2/c1-9-2-3-13-14(4-9)28-18-16(13)17(26)23-19(24-18)27-8-15(25)22-12-6-10(20)5-11(21)7-12/h5-7,9H,2-4,8H2,1H3,(H,22,25)(H,23,24,26). The zero-order valence-electron chi connectivity index (χ0n) is 15.0. The summed E-state index contributed by atoms with van der Waals surface area (Å²) in [5, 5.41) is 4.80. The Bertz CT molecular complexity index is 1110. The highest BCUT2D eigenvalue weighted by atomic mass is 35.5. The molecule has 1 unspecified atom stereocenters. The van der Waals surface area contributed by atoms with E-state index in [0.29, 0.717) is 32.2 Å². The van der Waals surface area contributed by atoms with Crippen LogP contribution in [-0.2, 0) is 17.6 Å². The van der Waals surface area contributed by atoms with E-state index in [1.807, 2.05) is 0 Å². The zero-order valence-corrected chi connectivity index (χ0v) is 18.1. The minimum Gasteiger partial charge on any atom is -0.325 e. The normalized spacial score (nSPS) is 16.2. The summed E-state index contributed by atoms with van der Waals surface area (Å²) in [4.78, 5) is 34.2. The Labute approximate surface area is 179 Å². The van der Waals surface area contributed by atoms with Crippen LogP contribution in [0.2, 0.25) is 10.0 Å². The molecular weight excluding hydrogens is 437 g/mol. The molecule has 1 aromatic carbocycles. The summed E-state index contributed by atoms with van der Waals surface area (Å²) >= 11 is 14.7. The molecule has 146 valence electrons. The van der Waals surface area contributed by atoms with Crippen molar-refractivity contribution in [3.63, 3.8) is 0 Å². The highest BCUT2D eigenvalue weighted by Crippen LogP contribution is 2.36. The number of aromatic amines is 1. The summed E-state index contributed by atoms with van der Waals surface area (Å²) in [6.45, 7) is 2.23. The Kier molecular flexibility index (Phi) is 5.69. The molecule has 0 saturated heterocycles. The van der Waals surface area contributed by atoms with Gasteiger partial charge in [-0.15, -0.1) is 11.3 Å². The lowest BCUT2D eigenvalue weighted by molar-refractivity contribution is -0.113. The van der Waals surface area contributed by atoms with Crippen LogP contribution < -0.4 is 10.9 Å². The third-order valence-electron chi connectivity index (χ3n) is 4.63. The summed E-state index contributed by atoms with van der Waals surface area (Å²) < 4.78 is 0. The molecule has 0 saturated carbocycles. The fourth-order valence-electron chi connectivity index (χ4n) is 3.35. The second kappa shape index (κ2) is 8.06. The highest BCUT2D eigenvalue weighted by Gasteiger charge is 2.23. The molecule has 1 aliphatic rings. The van der Waals surface area contributed by atoms with Gasteiger partial charge in [0.15, 0.2) is 5.16 Å². The van der Waals surface area contributed by atoms with Gasteiger partial charge in [-0.05, 0) is 48.9 Å². The van der Waals surface area contributed by atoms with Crippen LogP contribution in [0, 0.1) is 5.92 Å². The monoisotopic (exact) mass is 453 g/mol. The Balaban J connectivity index is 1.49. The Morgan fingerprint density at radius 2 is 2.11 bits per heavy atom. The van der Waals surface area contributed by atoms with Crippen molar-refractivity contribution in [2.75, 3.05) is 11.1 Å². The predicted molar refractivity (Wildman–Crippen MR) is 117 cm³/mol. The molecule has 2 N–H and O–H groups in total. The first-order valence-corrected chi connectivity index (χ1v) is 11.4. The fraction of sp³-hybridized carbons (Fsp3) is 0.316. The number of H-pyrrole nitrogens is 1. The minimum absolute atomic E-state index is 0.112. The third kappa shape index (κ3) is 4.22. The molecular formula is C19H17Cl2N3O2S2. The number of hydrogen-bond acceptors (Lipinski definition) is 5. The number of carbonyl (C=O) groups is 1. The van der Waals surface area contributed by atoms with Crippen LogP contribution in [0.3, 0.4) is 0 Å². The SMILES string of the molecule is CC1CCc2c(sc3nc(SCC(=O)Nc4cc(Cl)cc(Cl)c4)[nH]c(=O)c23)C1. The van der Waals surface area contributed by atoms with Crippen LogP contribution in [0.25, 0.3) is 10.2 Å². The van der Waals surface area contributed by atoms with Crippen molar-refractivity contribution < 1.29 is 4.79 Å². The molecule has 28 heavy (non-hydrogen) atoms. The van der Waals surface area contributed by atoms with Gasteiger partial charge >= 0.3 is 0 Å². The Hall–Kier alpha value is -1.54. The van der Waals surface area contributed by atoms with Crippen molar-refractivity contribution in [2.24, 2.45) is 5.92 Å². The van der Waals surface area contributed by atoms with Crippen molar-refractivity contribution in [1.29, 1.82) is 0 Å². The van der Waals surface area contributed by atoms with Crippen LogP contribution in [0.15, 0.2) is 28.2 Å².